The summed E-state index contributed by atoms with van der Waals surface area (Å²) in [6, 6.07) is 0. The fraction of sp³-hybridized carbons (Fsp3) is 0.632. The van der Waals surface area contributed by atoms with Gasteiger partial charge in [-0.2, -0.15) is 0 Å². The molecule has 0 radical (unpaired) electrons. The van der Waals surface area contributed by atoms with E-state index in [0.29, 0.717) is 25.1 Å². The maximum Gasteiger partial charge on any atom is 0.330 e. The van der Waals surface area contributed by atoms with Crippen LogP contribution in [0.5, 0.6) is 0 Å². The van der Waals surface area contributed by atoms with Crippen molar-refractivity contribution >= 4 is 23.4 Å². The molecule has 1 atom stereocenters. The molecule has 1 rings (SSSR count). The first kappa shape index (κ1) is 23.1. The molecule has 1 heterocycles. The minimum absolute atomic E-state index is 0.139. The number of carbonyl (C=O) groups is 1. The van der Waals surface area contributed by atoms with Gasteiger partial charge in [-0.15, -0.1) is 11.8 Å². The van der Waals surface area contributed by atoms with Gasteiger partial charge in [0.2, 0.25) is 0 Å². The van der Waals surface area contributed by atoms with Crippen molar-refractivity contribution in [3.05, 3.63) is 37.5 Å². The van der Waals surface area contributed by atoms with E-state index >= 15 is 0 Å². The Morgan fingerprint density at radius 3 is 2.59 bits per heavy atom. The van der Waals surface area contributed by atoms with Crippen LogP contribution in [0.15, 0.2) is 20.6 Å². The van der Waals surface area contributed by atoms with E-state index in [-0.39, 0.29) is 23.3 Å². The summed E-state index contributed by atoms with van der Waals surface area (Å²) in [5.41, 5.74) is 5.86. The largest absolute Gasteiger partial charge is 0.466 e. The number of nitrogen functional groups attached to an aromatic ring is 1. The minimum Gasteiger partial charge on any atom is -0.466 e. The van der Waals surface area contributed by atoms with Crippen LogP contribution in [0.2, 0.25) is 0 Å². The molecule has 8 heteroatoms. The number of hydrogen-bond acceptors (Lipinski definition) is 6. The summed E-state index contributed by atoms with van der Waals surface area (Å²) < 4.78 is 7.39. The molecule has 0 bridgehead atoms. The molecular formula is C19H31N3O4S. The van der Waals surface area contributed by atoms with Crippen molar-refractivity contribution in [1.82, 2.24) is 9.13 Å². The van der Waals surface area contributed by atoms with Gasteiger partial charge in [-0.1, -0.05) is 13.0 Å². The maximum atomic E-state index is 12.1. The van der Waals surface area contributed by atoms with Gasteiger partial charge in [0.1, 0.15) is 5.69 Å². The van der Waals surface area contributed by atoms with Crippen molar-refractivity contribution in [2.45, 2.75) is 46.5 Å². The number of carbonyl (C=O) groups excluding carboxylic acids is 1. The Labute approximate surface area is 164 Å². The smallest absolute Gasteiger partial charge is 0.330 e. The molecular weight excluding hydrogens is 366 g/mol. The standard InChI is InChI=1S/C19H31N3O4S/c1-6-26-16(23)8-7-11-27-14(3)10-9-13(2)12-15-17(20)18(24)22(5)19(25)21(15)4/h10,13H,6-9,11-12,20H2,1-5H3/b14-10-. The Kier molecular flexibility index (Phi) is 9.41. The first-order chi connectivity index (χ1) is 12.7. The second-order valence-corrected chi connectivity index (χ2v) is 8.02. The molecule has 0 saturated carbocycles. The van der Waals surface area contributed by atoms with E-state index in [2.05, 4.69) is 13.0 Å². The number of aromatic nitrogens is 2. The van der Waals surface area contributed by atoms with Crippen molar-refractivity contribution in [2.75, 3.05) is 18.1 Å². The van der Waals surface area contributed by atoms with Crippen LogP contribution in [-0.2, 0) is 30.0 Å². The van der Waals surface area contributed by atoms with Crippen LogP contribution in [0.1, 0.15) is 45.7 Å². The van der Waals surface area contributed by atoms with Crippen LogP contribution in [0.4, 0.5) is 5.69 Å². The van der Waals surface area contributed by atoms with Crippen molar-refractivity contribution in [3.8, 4) is 0 Å². The Bertz CT molecular complexity index is 758. The lowest BCUT2D eigenvalue weighted by molar-refractivity contribution is -0.143. The molecule has 27 heavy (non-hydrogen) atoms. The lowest BCUT2D eigenvalue weighted by Crippen LogP contribution is -2.40. The molecule has 1 aromatic rings. The molecule has 0 aliphatic rings. The zero-order valence-electron chi connectivity index (χ0n) is 16.9. The number of nitrogens with zero attached hydrogens (tertiary/aromatic N) is 2. The molecule has 7 nitrogen and oxygen atoms in total. The molecule has 0 aliphatic heterocycles. The van der Waals surface area contributed by atoms with E-state index in [1.165, 1.54) is 16.5 Å². The van der Waals surface area contributed by atoms with Crippen LogP contribution in [0.3, 0.4) is 0 Å². The monoisotopic (exact) mass is 397 g/mol. The Morgan fingerprint density at radius 2 is 1.96 bits per heavy atom. The van der Waals surface area contributed by atoms with Gasteiger partial charge in [0.25, 0.3) is 5.56 Å². The van der Waals surface area contributed by atoms with Crippen molar-refractivity contribution < 1.29 is 9.53 Å². The van der Waals surface area contributed by atoms with Crippen LogP contribution in [-0.4, -0.2) is 27.5 Å². The van der Waals surface area contributed by atoms with Crippen LogP contribution in [0.25, 0.3) is 0 Å². The highest BCUT2D eigenvalue weighted by Crippen LogP contribution is 2.20. The number of hydrogen-bond donors (Lipinski definition) is 1. The molecule has 1 aromatic heterocycles. The SMILES string of the molecule is CCOC(=O)CCCS/C(C)=C\CC(C)Cc1c(N)c(=O)n(C)c(=O)n1C. The zero-order chi connectivity index (χ0) is 20.6. The maximum absolute atomic E-state index is 12.1. The second kappa shape index (κ2) is 11.0. The average Bonchev–Trinajstić information content (AvgIpc) is 2.64. The van der Waals surface area contributed by atoms with Crippen molar-refractivity contribution in [3.63, 3.8) is 0 Å². The quantitative estimate of drug-likeness (QED) is 0.480. The topological polar surface area (TPSA) is 96.3 Å². The normalized spacial score (nSPS) is 12.9. The molecule has 0 aliphatic carbocycles. The fourth-order valence-electron chi connectivity index (χ4n) is 2.68. The van der Waals surface area contributed by atoms with Crippen LogP contribution < -0.4 is 17.0 Å². The van der Waals surface area contributed by atoms with E-state index in [0.717, 1.165) is 23.2 Å². The number of anilines is 1. The lowest BCUT2D eigenvalue weighted by atomic mass is 10.0. The van der Waals surface area contributed by atoms with Crippen molar-refractivity contribution in [1.29, 1.82) is 0 Å². The Balaban J connectivity index is 2.57. The highest BCUT2D eigenvalue weighted by Gasteiger charge is 2.15. The molecule has 0 aromatic carbocycles. The Morgan fingerprint density at radius 1 is 1.30 bits per heavy atom. The van der Waals surface area contributed by atoms with E-state index in [1.807, 2.05) is 6.92 Å². The number of nitrogens with two attached hydrogens (primary N) is 1. The third-order valence-corrected chi connectivity index (χ3v) is 5.45. The van der Waals surface area contributed by atoms with Gasteiger partial charge < -0.3 is 10.5 Å². The molecule has 2 N–H and O–H groups in total. The van der Waals surface area contributed by atoms with Crippen LogP contribution >= 0.6 is 11.8 Å². The van der Waals surface area contributed by atoms with E-state index < -0.39 is 5.56 Å². The van der Waals surface area contributed by atoms with Gasteiger partial charge in [-0.3, -0.25) is 18.7 Å². The molecule has 0 spiro atoms. The summed E-state index contributed by atoms with van der Waals surface area (Å²) in [5.74, 6) is 0.955. The predicted molar refractivity (Wildman–Crippen MR) is 111 cm³/mol. The molecule has 0 saturated heterocycles. The fourth-order valence-corrected chi connectivity index (χ4v) is 3.51. The summed E-state index contributed by atoms with van der Waals surface area (Å²) in [5, 5.41) is 0. The summed E-state index contributed by atoms with van der Waals surface area (Å²) in [4.78, 5) is 36.6. The third-order valence-electron chi connectivity index (χ3n) is 4.33. The van der Waals surface area contributed by atoms with Gasteiger partial charge >= 0.3 is 11.7 Å². The summed E-state index contributed by atoms with van der Waals surface area (Å²) >= 11 is 1.72. The molecule has 0 fully saturated rings. The average molecular weight is 398 g/mol. The van der Waals surface area contributed by atoms with Crippen molar-refractivity contribution in [2.24, 2.45) is 20.0 Å². The minimum atomic E-state index is -0.441. The first-order valence-electron chi connectivity index (χ1n) is 9.18. The Hall–Kier alpha value is -1.96. The number of ether oxygens (including phenoxy) is 1. The third kappa shape index (κ3) is 6.93. The van der Waals surface area contributed by atoms with Gasteiger partial charge in [0.15, 0.2) is 0 Å². The van der Waals surface area contributed by atoms with Crippen LogP contribution in [0, 0.1) is 5.92 Å². The molecule has 0 amide bonds. The number of rotatable bonds is 10. The first-order valence-corrected chi connectivity index (χ1v) is 10.2. The second-order valence-electron chi connectivity index (χ2n) is 6.68. The highest BCUT2D eigenvalue weighted by molar-refractivity contribution is 8.03. The lowest BCUT2D eigenvalue weighted by Gasteiger charge is -2.16. The van der Waals surface area contributed by atoms with Gasteiger partial charge in [0, 0.05) is 20.5 Å². The predicted octanol–water partition coefficient (Wildman–Crippen LogP) is 2.22. The van der Waals surface area contributed by atoms with Gasteiger partial charge in [-0.25, -0.2) is 4.79 Å². The number of thioether (sulfide) groups is 1. The number of allylic oxidation sites excluding steroid dienone is 2. The summed E-state index contributed by atoms with van der Waals surface area (Å²) in [6.45, 7) is 6.34. The van der Waals surface area contributed by atoms with E-state index in [9.17, 15) is 14.4 Å². The van der Waals surface area contributed by atoms with Gasteiger partial charge in [0.05, 0.1) is 12.3 Å². The van der Waals surface area contributed by atoms with E-state index in [4.69, 9.17) is 10.5 Å². The number of esters is 1. The highest BCUT2D eigenvalue weighted by atomic mass is 32.2. The summed E-state index contributed by atoms with van der Waals surface area (Å²) in [6.07, 6.45) is 4.76. The molecule has 152 valence electrons. The molecule has 1 unspecified atom stereocenters. The van der Waals surface area contributed by atoms with E-state index in [1.54, 1.807) is 25.7 Å². The zero-order valence-corrected chi connectivity index (χ0v) is 17.7. The summed E-state index contributed by atoms with van der Waals surface area (Å²) in [7, 11) is 3.07. The van der Waals surface area contributed by atoms with Gasteiger partial charge in [-0.05, 0) is 49.7 Å².